The van der Waals surface area contributed by atoms with E-state index in [1.165, 1.54) is 12.3 Å². The van der Waals surface area contributed by atoms with Crippen molar-refractivity contribution in [1.29, 1.82) is 0 Å². The van der Waals surface area contributed by atoms with E-state index >= 15 is 0 Å². The standard InChI is InChI=1S/C12H14ClFN2O2S/c1-19(17,18)8-7-16-10-4-2-3-9(14)12(10)15-11(16)5-6-13/h2-4H,5-8H2,1H3. The fourth-order valence-electron chi connectivity index (χ4n) is 1.94. The first kappa shape index (κ1) is 14.3. The third kappa shape index (κ3) is 3.25. The van der Waals surface area contributed by atoms with Gasteiger partial charge in [-0.3, -0.25) is 0 Å². The van der Waals surface area contributed by atoms with E-state index in [2.05, 4.69) is 4.98 Å². The van der Waals surface area contributed by atoms with Crippen LogP contribution in [0.25, 0.3) is 11.0 Å². The third-order valence-corrected chi connectivity index (χ3v) is 3.93. The summed E-state index contributed by atoms with van der Waals surface area (Å²) in [5, 5.41) is 0. The van der Waals surface area contributed by atoms with Gasteiger partial charge in [0.2, 0.25) is 0 Å². The van der Waals surface area contributed by atoms with Gasteiger partial charge in [-0.2, -0.15) is 0 Å². The average Bonchev–Trinajstić information content (AvgIpc) is 2.66. The maximum absolute atomic E-state index is 13.7. The Morgan fingerprint density at radius 3 is 2.79 bits per heavy atom. The van der Waals surface area contributed by atoms with Gasteiger partial charge < -0.3 is 4.57 Å². The zero-order chi connectivity index (χ0) is 14.0. The molecule has 0 spiro atoms. The van der Waals surface area contributed by atoms with E-state index in [-0.39, 0.29) is 17.8 Å². The van der Waals surface area contributed by atoms with Crippen molar-refractivity contribution < 1.29 is 12.8 Å². The van der Waals surface area contributed by atoms with Crippen LogP contribution in [0.15, 0.2) is 18.2 Å². The number of para-hydroxylation sites is 1. The molecule has 2 rings (SSSR count). The number of aryl methyl sites for hydroxylation is 2. The number of hydrogen-bond donors (Lipinski definition) is 0. The van der Waals surface area contributed by atoms with E-state index in [0.717, 1.165) is 0 Å². The van der Waals surface area contributed by atoms with Crippen molar-refractivity contribution in [1.82, 2.24) is 9.55 Å². The zero-order valence-corrected chi connectivity index (χ0v) is 12.0. The SMILES string of the molecule is CS(=O)(=O)CCn1c(CCCl)nc2c(F)cccc21. The van der Waals surface area contributed by atoms with E-state index in [1.54, 1.807) is 16.7 Å². The fourth-order valence-corrected chi connectivity index (χ4v) is 2.63. The topological polar surface area (TPSA) is 52.0 Å². The van der Waals surface area contributed by atoms with Crippen molar-refractivity contribution in [2.75, 3.05) is 17.9 Å². The van der Waals surface area contributed by atoms with Crippen LogP contribution < -0.4 is 0 Å². The van der Waals surface area contributed by atoms with Gasteiger partial charge in [0, 0.05) is 25.1 Å². The summed E-state index contributed by atoms with van der Waals surface area (Å²) in [6.07, 6.45) is 1.65. The number of imidazole rings is 1. The van der Waals surface area contributed by atoms with Crippen LogP contribution in [0.1, 0.15) is 5.82 Å². The van der Waals surface area contributed by atoms with E-state index < -0.39 is 15.7 Å². The molecule has 4 nitrogen and oxygen atoms in total. The van der Waals surface area contributed by atoms with Crippen molar-refractivity contribution in [2.45, 2.75) is 13.0 Å². The van der Waals surface area contributed by atoms with Crippen LogP contribution in [-0.2, 0) is 22.8 Å². The van der Waals surface area contributed by atoms with Crippen LogP contribution >= 0.6 is 11.6 Å². The van der Waals surface area contributed by atoms with Crippen LogP contribution in [0, 0.1) is 5.82 Å². The molecule has 2 aromatic rings. The van der Waals surface area contributed by atoms with Gasteiger partial charge in [0.05, 0.1) is 11.3 Å². The van der Waals surface area contributed by atoms with Gasteiger partial charge >= 0.3 is 0 Å². The predicted octanol–water partition coefficient (Wildman–Crippen LogP) is 2.00. The molecule has 0 N–H and O–H groups in total. The molecular formula is C12H14ClFN2O2S. The van der Waals surface area contributed by atoms with Gasteiger partial charge in [-0.1, -0.05) is 6.07 Å². The van der Waals surface area contributed by atoms with Crippen LogP contribution in [-0.4, -0.2) is 35.9 Å². The molecular weight excluding hydrogens is 291 g/mol. The van der Waals surface area contributed by atoms with Crippen molar-refractivity contribution in [3.8, 4) is 0 Å². The number of aromatic nitrogens is 2. The minimum atomic E-state index is -3.09. The number of rotatable bonds is 5. The predicted molar refractivity (Wildman–Crippen MR) is 73.8 cm³/mol. The second-order valence-corrected chi connectivity index (χ2v) is 6.99. The second-order valence-electron chi connectivity index (χ2n) is 4.36. The van der Waals surface area contributed by atoms with Gasteiger partial charge in [-0.05, 0) is 12.1 Å². The summed E-state index contributed by atoms with van der Waals surface area (Å²) in [7, 11) is -3.09. The Kier molecular flexibility index (Phi) is 4.10. The highest BCUT2D eigenvalue weighted by atomic mass is 35.5. The molecule has 19 heavy (non-hydrogen) atoms. The Labute approximate surface area is 116 Å². The molecule has 7 heteroatoms. The molecule has 0 radical (unpaired) electrons. The number of fused-ring (bicyclic) bond motifs is 1. The minimum Gasteiger partial charge on any atom is -0.327 e. The molecule has 1 aromatic heterocycles. The van der Waals surface area contributed by atoms with Gasteiger partial charge in [0.15, 0.2) is 5.82 Å². The monoisotopic (exact) mass is 304 g/mol. The highest BCUT2D eigenvalue weighted by molar-refractivity contribution is 7.90. The summed E-state index contributed by atoms with van der Waals surface area (Å²) in [4.78, 5) is 4.21. The smallest absolute Gasteiger partial charge is 0.151 e. The first-order chi connectivity index (χ1) is 8.92. The van der Waals surface area contributed by atoms with Gasteiger partial charge in [-0.15, -0.1) is 11.6 Å². The molecule has 0 atom stereocenters. The molecule has 0 aliphatic heterocycles. The van der Waals surface area contributed by atoms with Crippen molar-refractivity contribution in [2.24, 2.45) is 0 Å². The number of hydrogen-bond acceptors (Lipinski definition) is 3. The Morgan fingerprint density at radius 1 is 1.42 bits per heavy atom. The Hall–Kier alpha value is -1.14. The highest BCUT2D eigenvalue weighted by Crippen LogP contribution is 2.20. The lowest BCUT2D eigenvalue weighted by atomic mass is 10.3. The van der Waals surface area contributed by atoms with Crippen LogP contribution in [0.2, 0.25) is 0 Å². The molecule has 1 aromatic carbocycles. The van der Waals surface area contributed by atoms with E-state index in [0.29, 0.717) is 23.6 Å². The maximum atomic E-state index is 13.7. The summed E-state index contributed by atoms with van der Waals surface area (Å²) in [5.41, 5.74) is 0.861. The van der Waals surface area contributed by atoms with E-state index in [4.69, 9.17) is 11.6 Å². The summed E-state index contributed by atoms with van der Waals surface area (Å²) in [6.45, 7) is 0.255. The van der Waals surface area contributed by atoms with Crippen LogP contribution in [0.4, 0.5) is 4.39 Å². The molecule has 0 amide bonds. The van der Waals surface area contributed by atoms with E-state index in [1.807, 2.05) is 0 Å². The number of alkyl halides is 1. The summed E-state index contributed by atoms with van der Waals surface area (Å²) in [6, 6.07) is 4.65. The maximum Gasteiger partial charge on any atom is 0.151 e. The number of benzene rings is 1. The lowest BCUT2D eigenvalue weighted by Gasteiger charge is -2.07. The quantitative estimate of drug-likeness (QED) is 0.794. The zero-order valence-electron chi connectivity index (χ0n) is 10.4. The molecule has 0 aliphatic carbocycles. The molecule has 0 bridgehead atoms. The first-order valence-electron chi connectivity index (χ1n) is 5.79. The Balaban J connectivity index is 2.49. The fraction of sp³-hybridized carbons (Fsp3) is 0.417. The molecule has 0 saturated heterocycles. The normalized spacial score (nSPS) is 12.2. The number of halogens is 2. The lowest BCUT2D eigenvalue weighted by Crippen LogP contribution is -2.13. The molecule has 1 heterocycles. The van der Waals surface area contributed by atoms with Gasteiger partial charge in [0.25, 0.3) is 0 Å². The molecule has 104 valence electrons. The average molecular weight is 305 g/mol. The summed E-state index contributed by atoms with van der Waals surface area (Å²) < 4.78 is 37.9. The summed E-state index contributed by atoms with van der Waals surface area (Å²) in [5.74, 6) is 0.541. The van der Waals surface area contributed by atoms with Crippen molar-refractivity contribution in [3.63, 3.8) is 0 Å². The number of sulfone groups is 1. The van der Waals surface area contributed by atoms with Crippen molar-refractivity contribution >= 4 is 32.5 Å². The Bertz CT molecular complexity index is 697. The van der Waals surface area contributed by atoms with Crippen LogP contribution in [0.5, 0.6) is 0 Å². The van der Waals surface area contributed by atoms with Crippen LogP contribution in [0.3, 0.4) is 0 Å². The van der Waals surface area contributed by atoms with E-state index in [9.17, 15) is 12.8 Å². The lowest BCUT2D eigenvalue weighted by molar-refractivity contribution is 0.594. The highest BCUT2D eigenvalue weighted by Gasteiger charge is 2.14. The molecule has 0 saturated carbocycles. The van der Waals surface area contributed by atoms with Crippen molar-refractivity contribution in [3.05, 3.63) is 29.8 Å². The molecule has 0 fully saturated rings. The molecule has 0 unspecified atom stereocenters. The first-order valence-corrected chi connectivity index (χ1v) is 8.39. The van der Waals surface area contributed by atoms with Gasteiger partial charge in [-0.25, -0.2) is 17.8 Å². The minimum absolute atomic E-state index is 0.00966. The second kappa shape index (κ2) is 5.46. The molecule has 0 aliphatic rings. The Morgan fingerprint density at radius 2 is 2.16 bits per heavy atom. The summed E-state index contributed by atoms with van der Waals surface area (Å²) >= 11 is 5.70. The van der Waals surface area contributed by atoms with Gasteiger partial charge in [0.1, 0.15) is 21.2 Å². The largest absolute Gasteiger partial charge is 0.327 e. The third-order valence-electron chi connectivity index (χ3n) is 2.81. The number of nitrogens with zero attached hydrogens (tertiary/aromatic N) is 2.